The molecule has 2 fully saturated rings. The van der Waals surface area contributed by atoms with Crippen molar-refractivity contribution in [3.8, 4) is 0 Å². The highest BCUT2D eigenvalue weighted by molar-refractivity contribution is 5.95. The van der Waals surface area contributed by atoms with Gasteiger partial charge in [-0.1, -0.05) is 30.3 Å². The maximum atomic E-state index is 12.7. The van der Waals surface area contributed by atoms with E-state index in [0.717, 1.165) is 63.5 Å². The summed E-state index contributed by atoms with van der Waals surface area (Å²) in [6.07, 6.45) is 6.43. The Balaban J connectivity index is 1.29. The zero-order valence-electron chi connectivity index (χ0n) is 17.5. The molecule has 2 aliphatic heterocycles. The van der Waals surface area contributed by atoms with Gasteiger partial charge in [-0.25, -0.2) is 4.98 Å². The third kappa shape index (κ3) is 5.15. The van der Waals surface area contributed by atoms with Crippen LogP contribution in [-0.2, 0) is 6.54 Å². The number of rotatable bonds is 6. The van der Waals surface area contributed by atoms with E-state index in [1.807, 2.05) is 17.0 Å². The lowest BCUT2D eigenvalue weighted by atomic mass is 9.96. The molecule has 0 saturated carbocycles. The van der Waals surface area contributed by atoms with Crippen LogP contribution in [0, 0.1) is 5.92 Å². The fourth-order valence-corrected chi connectivity index (χ4v) is 4.51. The van der Waals surface area contributed by atoms with Crippen molar-refractivity contribution in [1.82, 2.24) is 14.8 Å². The molecule has 2 saturated heterocycles. The Labute approximate surface area is 174 Å². The van der Waals surface area contributed by atoms with Crippen LogP contribution in [0.1, 0.15) is 41.6 Å². The molecular weight excluding hydrogens is 360 g/mol. The molecule has 1 aromatic carbocycles. The number of piperidine rings is 1. The van der Waals surface area contributed by atoms with E-state index >= 15 is 0 Å². The lowest BCUT2D eigenvalue weighted by molar-refractivity contribution is 0.0792. The summed E-state index contributed by atoms with van der Waals surface area (Å²) in [5.74, 6) is 1.72. The minimum Gasteiger partial charge on any atom is -0.359 e. The number of benzene rings is 1. The summed E-state index contributed by atoms with van der Waals surface area (Å²) in [5.41, 5.74) is 2.16. The molecule has 0 aliphatic carbocycles. The molecule has 5 nitrogen and oxygen atoms in total. The zero-order chi connectivity index (χ0) is 20.1. The average molecular weight is 393 g/mol. The fourth-order valence-electron chi connectivity index (χ4n) is 4.51. The summed E-state index contributed by atoms with van der Waals surface area (Å²) in [5, 5.41) is 0. The summed E-state index contributed by atoms with van der Waals surface area (Å²) >= 11 is 0. The number of nitrogens with zero attached hydrogens (tertiary/aromatic N) is 4. The van der Waals surface area contributed by atoms with Crippen molar-refractivity contribution in [2.45, 2.75) is 32.2 Å². The smallest absolute Gasteiger partial charge is 0.254 e. The first-order valence-electron chi connectivity index (χ1n) is 10.9. The number of amides is 1. The molecule has 2 aliphatic rings. The highest BCUT2D eigenvalue weighted by atomic mass is 16.2. The van der Waals surface area contributed by atoms with Gasteiger partial charge < -0.3 is 9.80 Å². The van der Waals surface area contributed by atoms with Crippen molar-refractivity contribution < 1.29 is 4.79 Å². The maximum absolute atomic E-state index is 12.7. The van der Waals surface area contributed by atoms with Crippen LogP contribution in [0.2, 0.25) is 0 Å². The average Bonchev–Trinajstić information content (AvgIpc) is 3.30. The minimum atomic E-state index is 0.147. The predicted octanol–water partition coefficient (Wildman–Crippen LogP) is 3.67. The van der Waals surface area contributed by atoms with Gasteiger partial charge in [0.15, 0.2) is 0 Å². The number of anilines is 1. The topological polar surface area (TPSA) is 39.7 Å². The Bertz CT molecular complexity index is 796. The molecule has 0 bridgehead atoms. The van der Waals surface area contributed by atoms with Gasteiger partial charge in [0.05, 0.1) is 0 Å². The van der Waals surface area contributed by atoms with E-state index in [0.29, 0.717) is 5.92 Å². The Kier molecular flexibility index (Phi) is 6.45. The molecule has 4 rings (SSSR count). The molecule has 5 heteroatoms. The number of hydrogen-bond donors (Lipinski definition) is 0. The first kappa shape index (κ1) is 19.9. The lowest BCUT2D eigenvalue weighted by Gasteiger charge is -2.34. The van der Waals surface area contributed by atoms with E-state index < -0.39 is 0 Å². The molecule has 0 radical (unpaired) electrons. The largest absolute Gasteiger partial charge is 0.359 e. The second-order valence-electron chi connectivity index (χ2n) is 8.49. The summed E-state index contributed by atoms with van der Waals surface area (Å²) in [6.45, 7) is 6.10. The van der Waals surface area contributed by atoms with E-state index in [9.17, 15) is 4.79 Å². The van der Waals surface area contributed by atoms with Crippen molar-refractivity contribution in [3.63, 3.8) is 0 Å². The Morgan fingerprint density at radius 3 is 2.52 bits per heavy atom. The maximum Gasteiger partial charge on any atom is 0.254 e. The third-order valence-corrected chi connectivity index (χ3v) is 6.27. The van der Waals surface area contributed by atoms with Crippen LogP contribution < -0.4 is 4.90 Å². The standard InChI is InChI=1S/C24H32N4O/c1-26(23-17-22(9-12-25-23)24(29)28-13-5-6-14-28)18-21-10-15-27(16-11-21)19-20-7-3-2-4-8-20/h2-4,7-9,12,17,21H,5-6,10-11,13-16,18-19H2,1H3. The fraction of sp³-hybridized carbons (Fsp3) is 0.500. The number of aromatic nitrogens is 1. The molecule has 0 spiro atoms. The van der Waals surface area contributed by atoms with E-state index in [1.54, 1.807) is 6.20 Å². The van der Waals surface area contributed by atoms with Gasteiger partial charge in [-0.15, -0.1) is 0 Å². The molecule has 2 aromatic rings. The van der Waals surface area contributed by atoms with Crippen LogP contribution in [0.15, 0.2) is 48.7 Å². The van der Waals surface area contributed by atoms with E-state index in [-0.39, 0.29) is 5.91 Å². The molecule has 0 unspecified atom stereocenters. The van der Waals surface area contributed by atoms with Gasteiger partial charge in [0.2, 0.25) is 0 Å². The van der Waals surface area contributed by atoms with Crippen LogP contribution in [0.5, 0.6) is 0 Å². The van der Waals surface area contributed by atoms with Crippen molar-refractivity contribution in [2.75, 3.05) is 44.7 Å². The molecule has 3 heterocycles. The number of hydrogen-bond acceptors (Lipinski definition) is 4. The molecule has 0 N–H and O–H groups in total. The first-order valence-corrected chi connectivity index (χ1v) is 10.9. The zero-order valence-corrected chi connectivity index (χ0v) is 17.5. The van der Waals surface area contributed by atoms with Crippen LogP contribution >= 0.6 is 0 Å². The van der Waals surface area contributed by atoms with Crippen LogP contribution in [0.4, 0.5) is 5.82 Å². The van der Waals surface area contributed by atoms with Crippen molar-refractivity contribution >= 4 is 11.7 Å². The number of likely N-dealkylation sites (tertiary alicyclic amines) is 2. The van der Waals surface area contributed by atoms with Gasteiger partial charge in [-0.05, 0) is 62.4 Å². The molecule has 1 amide bonds. The lowest BCUT2D eigenvalue weighted by Crippen LogP contribution is -2.37. The van der Waals surface area contributed by atoms with Gasteiger partial charge in [0, 0.05) is 45.0 Å². The summed E-state index contributed by atoms with van der Waals surface area (Å²) in [6, 6.07) is 14.5. The minimum absolute atomic E-state index is 0.147. The van der Waals surface area contributed by atoms with Crippen LogP contribution in [-0.4, -0.2) is 60.5 Å². The Hall–Kier alpha value is -2.40. The normalized spacial score (nSPS) is 18.2. The summed E-state index contributed by atoms with van der Waals surface area (Å²) in [4.78, 5) is 23.9. The van der Waals surface area contributed by atoms with Gasteiger partial charge in [-0.2, -0.15) is 0 Å². The van der Waals surface area contributed by atoms with Gasteiger partial charge in [-0.3, -0.25) is 9.69 Å². The summed E-state index contributed by atoms with van der Waals surface area (Å²) < 4.78 is 0. The quantitative estimate of drug-likeness (QED) is 0.752. The second kappa shape index (κ2) is 9.40. The Morgan fingerprint density at radius 1 is 1.07 bits per heavy atom. The Morgan fingerprint density at radius 2 is 1.79 bits per heavy atom. The monoisotopic (exact) mass is 392 g/mol. The number of pyridine rings is 1. The number of carbonyl (C=O) groups is 1. The predicted molar refractivity (Wildman–Crippen MR) is 117 cm³/mol. The third-order valence-electron chi connectivity index (χ3n) is 6.27. The SMILES string of the molecule is CN(CC1CCN(Cc2ccccc2)CC1)c1cc(C(=O)N2CCCC2)ccn1. The van der Waals surface area contributed by atoms with Crippen molar-refractivity contribution in [1.29, 1.82) is 0 Å². The first-order chi connectivity index (χ1) is 14.2. The molecule has 0 atom stereocenters. The molecule has 154 valence electrons. The summed E-state index contributed by atoms with van der Waals surface area (Å²) in [7, 11) is 2.10. The second-order valence-corrected chi connectivity index (χ2v) is 8.49. The van der Waals surface area contributed by atoms with E-state index in [4.69, 9.17) is 0 Å². The van der Waals surface area contributed by atoms with E-state index in [1.165, 1.54) is 18.4 Å². The highest BCUT2D eigenvalue weighted by Crippen LogP contribution is 2.22. The highest BCUT2D eigenvalue weighted by Gasteiger charge is 2.23. The van der Waals surface area contributed by atoms with Gasteiger partial charge in [0.1, 0.15) is 5.82 Å². The van der Waals surface area contributed by atoms with Crippen molar-refractivity contribution in [3.05, 3.63) is 59.8 Å². The molecule has 1 aromatic heterocycles. The van der Waals surface area contributed by atoms with Crippen LogP contribution in [0.25, 0.3) is 0 Å². The molecular formula is C24H32N4O. The number of carbonyl (C=O) groups excluding carboxylic acids is 1. The molecule has 29 heavy (non-hydrogen) atoms. The van der Waals surface area contributed by atoms with Gasteiger partial charge in [0.25, 0.3) is 5.91 Å². The van der Waals surface area contributed by atoms with Crippen LogP contribution in [0.3, 0.4) is 0 Å². The van der Waals surface area contributed by atoms with Crippen molar-refractivity contribution in [2.24, 2.45) is 5.92 Å². The van der Waals surface area contributed by atoms with Gasteiger partial charge >= 0.3 is 0 Å². The van der Waals surface area contributed by atoms with E-state index in [2.05, 4.69) is 52.2 Å².